The van der Waals surface area contributed by atoms with Gasteiger partial charge in [0.15, 0.2) is 5.13 Å². The molecule has 6 nitrogen and oxygen atoms in total. The Morgan fingerprint density at radius 2 is 1.75 bits per heavy atom. The number of carbonyl (C=O) groups excluding carboxylic acids is 2. The van der Waals surface area contributed by atoms with Crippen LogP contribution in [0.15, 0.2) is 54.6 Å². The van der Waals surface area contributed by atoms with Crippen LogP contribution in [0.25, 0.3) is 11.3 Å². The molecule has 0 spiro atoms. The van der Waals surface area contributed by atoms with E-state index in [0.29, 0.717) is 5.13 Å². The molecule has 144 valence electrons. The molecule has 2 amide bonds. The lowest BCUT2D eigenvalue weighted by Gasteiger charge is -2.05. The number of anilines is 1. The van der Waals surface area contributed by atoms with Crippen LogP contribution in [-0.4, -0.2) is 30.5 Å². The lowest BCUT2D eigenvalue weighted by Crippen LogP contribution is -2.33. The molecule has 0 unspecified atom stereocenters. The van der Waals surface area contributed by atoms with E-state index in [2.05, 4.69) is 15.6 Å². The number of carbonyl (C=O) groups is 2. The monoisotopic (exact) mass is 395 g/mol. The van der Waals surface area contributed by atoms with E-state index >= 15 is 0 Å². The maximum Gasteiger partial charge on any atom is 0.245 e. The Balaban J connectivity index is 1.55. The fourth-order valence-electron chi connectivity index (χ4n) is 2.65. The van der Waals surface area contributed by atoms with Crippen molar-refractivity contribution in [3.8, 4) is 17.0 Å². The number of ether oxygens (including phenoxy) is 1. The highest BCUT2D eigenvalue weighted by Gasteiger charge is 2.13. The van der Waals surface area contributed by atoms with Gasteiger partial charge in [0.25, 0.3) is 0 Å². The normalized spacial score (nSPS) is 10.4. The van der Waals surface area contributed by atoms with Gasteiger partial charge in [0.2, 0.25) is 11.8 Å². The topological polar surface area (TPSA) is 80.3 Å². The molecule has 0 aliphatic heterocycles. The van der Waals surface area contributed by atoms with Gasteiger partial charge in [-0.15, -0.1) is 11.3 Å². The average molecular weight is 395 g/mol. The summed E-state index contributed by atoms with van der Waals surface area (Å²) in [6.45, 7) is 1.86. The first-order chi connectivity index (χ1) is 13.5. The summed E-state index contributed by atoms with van der Waals surface area (Å²) in [6, 6.07) is 17.0. The molecule has 0 atom stereocenters. The fourth-order valence-corrected chi connectivity index (χ4v) is 3.50. The molecule has 2 N–H and O–H groups in total. The smallest absolute Gasteiger partial charge is 0.245 e. The second-order valence-corrected chi connectivity index (χ2v) is 7.34. The van der Waals surface area contributed by atoms with Crippen LogP contribution < -0.4 is 15.4 Å². The van der Waals surface area contributed by atoms with Gasteiger partial charge in [-0.1, -0.05) is 30.3 Å². The van der Waals surface area contributed by atoms with Gasteiger partial charge in [0, 0.05) is 10.4 Å². The molecule has 3 rings (SSSR count). The highest BCUT2D eigenvalue weighted by Crippen LogP contribution is 2.31. The maximum atomic E-state index is 12.1. The molecule has 3 aromatic rings. The van der Waals surface area contributed by atoms with Crippen LogP contribution in [0.5, 0.6) is 5.75 Å². The summed E-state index contributed by atoms with van der Waals surface area (Å²) in [5.41, 5.74) is 2.67. The minimum absolute atomic E-state index is 0.0951. The van der Waals surface area contributed by atoms with E-state index in [0.717, 1.165) is 27.4 Å². The number of nitrogens with one attached hydrogen (secondary N) is 2. The summed E-state index contributed by atoms with van der Waals surface area (Å²) in [5.74, 6) is 0.267. The fraction of sp³-hybridized carbons (Fsp3) is 0.190. The summed E-state index contributed by atoms with van der Waals surface area (Å²) in [4.78, 5) is 29.6. The number of nitrogens with zero attached hydrogens (tertiary/aromatic N) is 1. The number of aryl methyl sites for hydroxylation is 1. The minimum atomic E-state index is -0.309. The summed E-state index contributed by atoms with van der Waals surface area (Å²) < 4.78 is 5.17. The zero-order valence-electron chi connectivity index (χ0n) is 15.7. The first-order valence-corrected chi connectivity index (χ1v) is 9.59. The van der Waals surface area contributed by atoms with Crippen molar-refractivity contribution < 1.29 is 14.3 Å². The van der Waals surface area contributed by atoms with Crippen LogP contribution in [0.2, 0.25) is 0 Å². The first kappa shape index (κ1) is 19.6. The molecule has 0 fully saturated rings. The van der Waals surface area contributed by atoms with Crippen LogP contribution in [0.1, 0.15) is 10.4 Å². The third kappa shape index (κ3) is 5.17. The molecule has 0 saturated carbocycles. The van der Waals surface area contributed by atoms with Crippen molar-refractivity contribution in [1.82, 2.24) is 10.3 Å². The van der Waals surface area contributed by atoms with Crippen molar-refractivity contribution in [2.45, 2.75) is 13.3 Å². The van der Waals surface area contributed by atoms with Crippen LogP contribution >= 0.6 is 11.3 Å². The van der Waals surface area contributed by atoms with Crippen LogP contribution in [-0.2, 0) is 16.0 Å². The molecule has 0 saturated heterocycles. The van der Waals surface area contributed by atoms with E-state index in [9.17, 15) is 9.59 Å². The third-order valence-electron chi connectivity index (χ3n) is 4.06. The second-order valence-electron chi connectivity index (χ2n) is 6.14. The van der Waals surface area contributed by atoms with Crippen LogP contribution in [0, 0.1) is 6.92 Å². The molecule has 0 aliphatic rings. The predicted molar refractivity (Wildman–Crippen MR) is 111 cm³/mol. The Hall–Kier alpha value is -3.19. The Bertz CT molecular complexity index is 953. The molecule has 2 aromatic carbocycles. The van der Waals surface area contributed by atoms with E-state index in [4.69, 9.17) is 4.74 Å². The number of hydrogen-bond acceptors (Lipinski definition) is 5. The molecule has 28 heavy (non-hydrogen) atoms. The molecule has 0 radical (unpaired) electrons. The lowest BCUT2D eigenvalue weighted by atomic mass is 10.1. The summed E-state index contributed by atoms with van der Waals surface area (Å²) in [6.07, 6.45) is 0.242. The molecular formula is C21H21N3O3S. The van der Waals surface area contributed by atoms with Crippen molar-refractivity contribution in [2.75, 3.05) is 19.0 Å². The number of methoxy groups -OCH3 is 1. The number of rotatable bonds is 7. The molecule has 0 aliphatic carbocycles. The summed E-state index contributed by atoms with van der Waals surface area (Å²) >= 11 is 1.40. The Morgan fingerprint density at radius 3 is 2.43 bits per heavy atom. The standard InChI is InChI=1S/C21H21N3O3S/c1-14-20(16-8-10-17(27-2)11-9-16)24-21(28-14)23-19(26)13-22-18(25)12-15-6-4-3-5-7-15/h3-11H,12-13H2,1-2H3,(H,22,25)(H,23,24,26). The average Bonchev–Trinajstić information content (AvgIpc) is 3.07. The Kier molecular flexibility index (Phi) is 6.39. The number of hydrogen-bond donors (Lipinski definition) is 2. The van der Waals surface area contributed by atoms with Crippen molar-refractivity contribution in [3.63, 3.8) is 0 Å². The van der Waals surface area contributed by atoms with Gasteiger partial charge in [0.1, 0.15) is 5.75 Å². The Labute approximate surface area is 167 Å². The summed E-state index contributed by atoms with van der Waals surface area (Å²) in [7, 11) is 1.62. The first-order valence-electron chi connectivity index (χ1n) is 8.77. The predicted octanol–water partition coefficient (Wildman–Crippen LogP) is 3.42. The van der Waals surface area contributed by atoms with Crippen LogP contribution in [0.3, 0.4) is 0 Å². The number of aromatic nitrogens is 1. The van der Waals surface area contributed by atoms with Gasteiger partial charge < -0.3 is 15.4 Å². The molecule has 1 heterocycles. The van der Waals surface area contributed by atoms with E-state index in [1.54, 1.807) is 7.11 Å². The van der Waals surface area contributed by atoms with Gasteiger partial charge in [-0.3, -0.25) is 9.59 Å². The van der Waals surface area contributed by atoms with Crippen molar-refractivity contribution in [2.24, 2.45) is 0 Å². The van der Waals surface area contributed by atoms with E-state index in [-0.39, 0.29) is 24.8 Å². The van der Waals surface area contributed by atoms with Crippen molar-refractivity contribution >= 4 is 28.3 Å². The van der Waals surface area contributed by atoms with Crippen molar-refractivity contribution in [1.29, 1.82) is 0 Å². The van der Waals surface area contributed by atoms with Gasteiger partial charge in [-0.2, -0.15) is 0 Å². The maximum absolute atomic E-state index is 12.1. The van der Waals surface area contributed by atoms with E-state index in [1.807, 2.05) is 61.5 Å². The summed E-state index contributed by atoms with van der Waals surface area (Å²) in [5, 5.41) is 5.88. The number of amides is 2. The quantitative estimate of drug-likeness (QED) is 0.642. The third-order valence-corrected chi connectivity index (χ3v) is 4.95. The SMILES string of the molecule is COc1ccc(-c2nc(NC(=O)CNC(=O)Cc3ccccc3)sc2C)cc1. The van der Waals surface area contributed by atoms with Gasteiger partial charge in [-0.05, 0) is 36.8 Å². The molecule has 1 aromatic heterocycles. The van der Waals surface area contributed by atoms with Gasteiger partial charge in [-0.25, -0.2) is 4.98 Å². The van der Waals surface area contributed by atoms with E-state index < -0.39 is 0 Å². The van der Waals surface area contributed by atoms with Gasteiger partial charge in [0.05, 0.1) is 25.8 Å². The van der Waals surface area contributed by atoms with Crippen LogP contribution in [0.4, 0.5) is 5.13 Å². The minimum Gasteiger partial charge on any atom is -0.497 e. The van der Waals surface area contributed by atoms with Crippen molar-refractivity contribution in [3.05, 3.63) is 65.0 Å². The number of benzene rings is 2. The van der Waals surface area contributed by atoms with Gasteiger partial charge >= 0.3 is 0 Å². The molecule has 7 heteroatoms. The molecule has 0 bridgehead atoms. The second kappa shape index (κ2) is 9.14. The number of thiazole rings is 1. The Morgan fingerprint density at radius 1 is 1.04 bits per heavy atom. The largest absolute Gasteiger partial charge is 0.497 e. The highest BCUT2D eigenvalue weighted by molar-refractivity contribution is 7.16. The lowest BCUT2D eigenvalue weighted by molar-refractivity contribution is -0.123. The zero-order valence-corrected chi connectivity index (χ0v) is 16.5. The van der Waals surface area contributed by atoms with E-state index in [1.165, 1.54) is 11.3 Å². The molecular weight excluding hydrogens is 374 g/mol. The zero-order chi connectivity index (χ0) is 19.9. The highest BCUT2D eigenvalue weighted by atomic mass is 32.1.